The number of ether oxygens (including phenoxy) is 1. The molecule has 0 unspecified atom stereocenters. The monoisotopic (exact) mass is 345 g/mol. The van der Waals surface area contributed by atoms with Crippen LogP contribution < -0.4 is 9.64 Å². The van der Waals surface area contributed by atoms with Crippen LogP contribution >= 0.6 is 11.6 Å². The van der Waals surface area contributed by atoms with Crippen LogP contribution in [0.2, 0.25) is 5.02 Å². The van der Waals surface area contributed by atoms with Gasteiger partial charge in [-0.15, -0.1) is 0 Å². The van der Waals surface area contributed by atoms with Gasteiger partial charge in [0.05, 0.1) is 21.8 Å². The van der Waals surface area contributed by atoms with Crippen LogP contribution in [0.5, 0.6) is 5.75 Å². The first kappa shape index (κ1) is 15.1. The topological polar surface area (TPSA) is 46.6 Å². The highest BCUT2D eigenvalue weighted by Crippen LogP contribution is 2.47. The summed E-state index contributed by atoms with van der Waals surface area (Å²) in [7, 11) is 0. The summed E-state index contributed by atoms with van der Waals surface area (Å²) < 4.78 is 20.5. The highest BCUT2D eigenvalue weighted by molar-refractivity contribution is 6.35. The first-order valence-electron chi connectivity index (χ1n) is 7.48. The minimum atomic E-state index is -0.713. The molecule has 2 aromatic carbocycles. The smallest absolute Gasteiger partial charge is 0.266 e. The predicted molar refractivity (Wildman–Crippen MR) is 87.4 cm³/mol. The Balaban J connectivity index is 1.93. The van der Waals surface area contributed by atoms with Crippen molar-refractivity contribution in [1.29, 1.82) is 0 Å². The van der Waals surface area contributed by atoms with Gasteiger partial charge in [0.15, 0.2) is 0 Å². The largest absolute Gasteiger partial charge is 0.486 e. The molecular weight excluding hydrogens is 333 g/mol. The van der Waals surface area contributed by atoms with E-state index in [2.05, 4.69) is 0 Å². The summed E-state index contributed by atoms with van der Waals surface area (Å²) in [5, 5.41) is 0.133. The van der Waals surface area contributed by atoms with Crippen LogP contribution in [0.1, 0.15) is 40.1 Å². The summed E-state index contributed by atoms with van der Waals surface area (Å²) in [6.07, 6.45) is 0.350. The number of carbonyl (C=O) groups is 2. The van der Waals surface area contributed by atoms with E-state index in [-0.39, 0.29) is 21.8 Å². The van der Waals surface area contributed by atoms with Gasteiger partial charge in [0.2, 0.25) is 0 Å². The summed E-state index contributed by atoms with van der Waals surface area (Å²) >= 11 is 6.09. The molecule has 2 aliphatic rings. The second-order valence-corrected chi connectivity index (χ2v) is 6.93. The molecular formula is C18H13ClFNO3. The maximum atomic E-state index is 14.7. The van der Waals surface area contributed by atoms with Gasteiger partial charge in [-0.3, -0.25) is 9.59 Å². The summed E-state index contributed by atoms with van der Waals surface area (Å²) in [6.45, 7) is 3.68. The SMILES string of the molecule is CC1(C)Cc2c(c(Cl)cc(F)c2N2C(=O)c3ccccc3C2=O)O1. The van der Waals surface area contributed by atoms with Crippen molar-refractivity contribution in [1.82, 2.24) is 0 Å². The summed E-state index contributed by atoms with van der Waals surface area (Å²) in [5.74, 6) is -1.46. The molecule has 2 aromatic rings. The zero-order valence-corrected chi connectivity index (χ0v) is 13.8. The number of amides is 2. The van der Waals surface area contributed by atoms with Crippen LogP contribution in [0.25, 0.3) is 0 Å². The molecule has 4 rings (SSSR count). The van der Waals surface area contributed by atoms with E-state index in [0.717, 1.165) is 11.0 Å². The maximum Gasteiger partial charge on any atom is 0.266 e. The van der Waals surface area contributed by atoms with Crippen LogP contribution in [0.3, 0.4) is 0 Å². The third kappa shape index (κ3) is 1.97. The van der Waals surface area contributed by atoms with Gasteiger partial charge in [0.25, 0.3) is 11.8 Å². The highest BCUT2D eigenvalue weighted by atomic mass is 35.5. The van der Waals surface area contributed by atoms with Crippen LogP contribution in [-0.4, -0.2) is 17.4 Å². The number of carbonyl (C=O) groups excluding carboxylic acids is 2. The summed E-state index contributed by atoms with van der Waals surface area (Å²) in [5.41, 5.74) is 0.325. The zero-order valence-electron chi connectivity index (χ0n) is 13.0. The number of rotatable bonds is 1. The first-order valence-corrected chi connectivity index (χ1v) is 7.86. The molecule has 24 heavy (non-hydrogen) atoms. The molecule has 0 saturated heterocycles. The highest BCUT2D eigenvalue weighted by Gasteiger charge is 2.43. The fourth-order valence-corrected chi connectivity index (χ4v) is 3.54. The first-order chi connectivity index (χ1) is 11.3. The van der Waals surface area contributed by atoms with Crippen molar-refractivity contribution in [2.75, 3.05) is 4.90 Å². The number of hydrogen-bond acceptors (Lipinski definition) is 3. The Labute approximate surface area is 142 Å². The lowest BCUT2D eigenvalue weighted by Gasteiger charge is -2.18. The van der Waals surface area contributed by atoms with Gasteiger partial charge in [0.1, 0.15) is 17.2 Å². The fraction of sp³-hybridized carbons (Fsp3) is 0.222. The number of benzene rings is 2. The Morgan fingerprint density at radius 3 is 2.33 bits per heavy atom. The van der Waals surface area contributed by atoms with E-state index >= 15 is 0 Å². The van der Waals surface area contributed by atoms with Crippen molar-refractivity contribution in [3.05, 3.63) is 57.9 Å². The number of hydrogen-bond donors (Lipinski definition) is 0. The lowest BCUT2D eigenvalue weighted by Crippen LogP contribution is -2.31. The third-order valence-corrected chi connectivity index (χ3v) is 4.54. The van der Waals surface area contributed by atoms with E-state index in [1.165, 1.54) is 0 Å². The van der Waals surface area contributed by atoms with Crippen LogP contribution in [0, 0.1) is 5.82 Å². The molecule has 0 aliphatic carbocycles. The Bertz CT molecular complexity index is 888. The quantitative estimate of drug-likeness (QED) is 0.734. The van der Waals surface area contributed by atoms with Gasteiger partial charge in [-0.2, -0.15) is 0 Å². The van der Waals surface area contributed by atoms with E-state index in [1.54, 1.807) is 24.3 Å². The third-order valence-electron chi connectivity index (χ3n) is 4.26. The van der Waals surface area contributed by atoms with Crippen molar-refractivity contribution >= 4 is 29.1 Å². The number of imide groups is 1. The normalized spacial score (nSPS) is 17.8. The molecule has 4 nitrogen and oxygen atoms in total. The molecule has 2 aliphatic heterocycles. The second-order valence-electron chi connectivity index (χ2n) is 6.53. The van der Waals surface area contributed by atoms with E-state index in [4.69, 9.17) is 16.3 Å². The van der Waals surface area contributed by atoms with E-state index < -0.39 is 23.2 Å². The summed E-state index contributed by atoms with van der Waals surface area (Å²) in [6, 6.07) is 7.54. The van der Waals surface area contributed by atoms with Gasteiger partial charge in [0, 0.05) is 12.0 Å². The second kappa shape index (κ2) is 4.80. The molecule has 122 valence electrons. The predicted octanol–water partition coefficient (Wildman–Crippen LogP) is 3.99. The van der Waals surface area contributed by atoms with Crippen LogP contribution in [0.15, 0.2) is 30.3 Å². The average molecular weight is 346 g/mol. The van der Waals surface area contributed by atoms with Crippen molar-refractivity contribution in [3.8, 4) is 5.75 Å². The van der Waals surface area contributed by atoms with Gasteiger partial charge < -0.3 is 4.74 Å². The summed E-state index contributed by atoms with van der Waals surface area (Å²) in [4.78, 5) is 26.2. The molecule has 0 radical (unpaired) electrons. The lowest BCUT2D eigenvalue weighted by atomic mass is 9.99. The Kier molecular flexibility index (Phi) is 3.03. The van der Waals surface area contributed by atoms with E-state index in [0.29, 0.717) is 17.7 Å². The zero-order chi connectivity index (χ0) is 17.2. The van der Waals surface area contributed by atoms with Crippen LogP contribution in [0.4, 0.5) is 10.1 Å². The van der Waals surface area contributed by atoms with Gasteiger partial charge in [-0.1, -0.05) is 23.7 Å². The molecule has 0 saturated carbocycles. The molecule has 0 spiro atoms. The molecule has 2 heterocycles. The average Bonchev–Trinajstić information content (AvgIpc) is 2.97. The maximum absolute atomic E-state index is 14.7. The minimum Gasteiger partial charge on any atom is -0.486 e. The number of halogens is 2. The van der Waals surface area contributed by atoms with Crippen molar-refractivity contribution < 1.29 is 18.7 Å². The van der Waals surface area contributed by atoms with Crippen LogP contribution in [-0.2, 0) is 6.42 Å². The molecule has 0 N–H and O–H groups in total. The number of nitrogens with zero attached hydrogens (tertiary/aromatic N) is 1. The van der Waals surface area contributed by atoms with Crippen molar-refractivity contribution in [2.45, 2.75) is 25.9 Å². The molecule has 0 fully saturated rings. The Morgan fingerprint density at radius 2 is 1.75 bits per heavy atom. The standard InChI is InChI=1S/C18H13ClFNO3/c1-18(2)8-11-14(13(20)7-12(19)15(11)24-18)21-16(22)9-5-3-4-6-10(9)17(21)23/h3-7H,8H2,1-2H3. The number of anilines is 1. The molecule has 6 heteroatoms. The molecule has 0 atom stereocenters. The molecule has 0 bridgehead atoms. The Morgan fingerprint density at radius 1 is 1.17 bits per heavy atom. The van der Waals surface area contributed by atoms with Crippen molar-refractivity contribution in [2.24, 2.45) is 0 Å². The Hall–Kier alpha value is -2.40. The van der Waals surface area contributed by atoms with Gasteiger partial charge in [-0.25, -0.2) is 9.29 Å². The molecule has 0 aromatic heterocycles. The fourth-order valence-electron chi connectivity index (χ4n) is 3.29. The van der Waals surface area contributed by atoms with Gasteiger partial charge >= 0.3 is 0 Å². The van der Waals surface area contributed by atoms with E-state index in [1.807, 2.05) is 13.8 Å². The van der Waals surface area contributed by atoms with Gasteiger partial charge in [-0.05, 0) is 32.0 Å². The van der Waals surface area contributed by atoms with E-state index in [9.17, 15) is 14.0 Å². The number of fused-ring (bicyclic) bond motifs is 2. The van der Waals surface area contributed by atoms with Crippen molar-refractivity contribution in [3.63, 3.8) is 0 Å². The minimum absolute atomic E-state index is 0.0637. The molecule has 2 amide bonds. The lowest BCUT2D eigenvalue weighted by molar-refractivity contribution is 0.0924.